The smallest absolute Gasteiger partial charge is 0.164 e. The topological polar surface area (TPSA) is 69.9 Å². The van der Waals surface area contributed by atoms with Crippen LogP contribution in [0.1, 0.15) is 12.8 Å². The van der Waals surface area contributed by atoms with E-state index in [9.17, 15) is 0 Å². The fraction of sp³-hybridized carbons (Fsp3) is 0.0444. The fourth-order valence-electron chi connectivity index (χ4n) is 7.74. The van der Waals surface area contributed by atoms with Crippen LogP contribution in [-0.2, 0) is 0 Å². The van der Waals surface area contributed by atoms with Gasteiger partial charge in [-0.15, -0.1) is 0 Å². The number of hydrogen-bond donors (Lipinski definition) is 0. The molecule has 6 aromatic carbocycles. The van der Waals surface area contributed by atoms with Crippen LogP contribution in [0, 0.1) is 0 Å². The fourth-order valence-corrected chi connectivity index (χ4v) is 7.74. The highest BCUT2D eigenvalue weighted by molar-refractivity contribution is 6.18. The minimum atomic E-state index is 0.577. The minimum Gasteiger partial charge on any atom is -0.456 e. The maximum absolute atomic E-state index is 6.67. The number of nitrogens with zero attached hydrogens (tertiary/aromatic N) is 4. The predicted octanol–water partition coefficient (Wildman–Crippen LogP) is 9.97. The summed E-state index contributed by atoms with van der Waals surface area (Å²) >= 11 is 0. The first kappa shape index (κ1) is 28.1. The van der Waals surface area contributed by atoms with Crippen molar-refractivity contribution in [1.29, 1.82) is 0 Å². The Labute approximate surface area is 291 Å². The Morgan fingerprint density at radius 3 is 1.86 bits per heavy atom. The zero-order valence-electron chi connectivity index (χ0n) is 27.4. The molecular weight excluding hydrogens is 629 g/mol. The molecule has 6 heteroatoms. The maximum atomic E-state index is 6.67. The molecule has 4 aromatic heterocycles. The van der Waals surface area contributed by atoms with Crippen LogP contribution in [0.2, 0.25) is 0 Å². The molecule has 6 nitrogen and oxygen atoms in total. The molecule has 51 heavy (non-hydrogen) atoms. The summed E-state index contributed by atoms with van der Waals surface area (Å²) in [4.78, 5) is 15.1. The molecule has 0 fully saturated rings. The molecule has 0 radical (unpaired) electrons. The van der Waals surface area contributed by atoms with Gasteiger partial charge in [0.25, 0.3) is 0 Å². The van der Waals surface area contributed by atoms with Crippen molar-refractivity contribution in [3.05, 3.63) is 144 Å². The van der Waals surface area contributed by atoms with Gasteiger partial charge in [-0.2, -0.15) is 0 Å². The van der Waals surface area contributed by atoms with Gasteiger partial charge in [0.2, 0.25) is 0 Å². The summed E-state index contributed by atoms with van der Waals surface area (Å²) in [5, 5.41) is 6.74. The standard InChI is InChI=1S/C45H28N4O2/c1-3-13-27(14-4-1)43-46-44(28-15-5-2-6-16-28)48-45(47-43)29-23-37(42-32-19-9-12-22-39(32)51-41(42)24-29)49-35-20-10-7-17-30(35)33-25-34-31-18-8-11-21-38(31)50-40(34)26-36(33)49/h1-8,10-11,13-26H,9,12H2. The number of hydrogen-bond acceptors (Lipinski definition) is 5. The molecule has 0 saturated carbocycles. The Morgan fingerprint density at radius 1 is 0.451 bits per heavy atom. The Morgan fingerprint density at radius 2 is 1.10 bits per heavy atom. The van der Waals surface area contributed by atoms with Crippen molar-refractivity contribution in [2.24, 2.45) is 0 Å². The summed E-state index contributed by atoms with van der Waals surface area (Å²) in [7, 11) is 0. The second-order valence-corrected chi connectivity index (χ2v) is 13.1. The van der Waals surface area contributed by atoms with Crippen molar-refractivity contribution < 1.29 is 8.83 Å². The molecule has 1 aliphatic carbocycles. The molecule has 0 amide bonds. The molecule has 0 saturated heterocycles. The number of aromatic nitrogens is 4. The van der Waals surface area contributed by atoms with Crippen LogP contribution in [-0.4, -0.2) is 19.5 Å². The summed E-state index contributed by atoms with van der Waals surface area (Å²) < 4.78 is 15.5. The Hall–Kier alpha value is -6.79. The van der Waals surface area contributed by atoms with Gasteiger partial charge in [-0.3, -0.25) is 0 Å². The highest BCUT2D eigenvalue weighted by Gasteiger charge is 2.22. The van der Waals surface area contributed by atoms with Gasteiger partial charge in [0.1, 0.15) is 22.2 Å². The van der Waals surface area contributed by atoms with Crippen LogP contribution in [0.15, 0.2) is 142 Å². The lowest BCUT2D eigenvalue weighted by atomic mass is 10.1. The Balaban J connectivity index is 1.25. The van der Waals surface area contributed by atoms with E-state index in [0.29, 0.717) is 17.5 Å². The SMILES string of the molecule is C1=c2oc3cc(-c4nc(-c5ccccc5)nc(-c5ccccc5)n4)cc(-n4c5ccccc5c5cc6c(cc54)oc4ccccc46)c3c2=CCC1. The molecule has 10 aromatic rings. The highest BCUT2D eigenvalue weighted by atomic mass is 16.3. The second-order valence-electron chi connectivity index (χ2n) is 13.1. The zero-order valence-corrected chi connectivity index (χ0v) is 27.4. The summed E-state index contributed by atoms with van der Waals surface area (Å²) in [5.41, 5.74) is 9.29. The van der Waals surface area contributed by atoms with Gasteiger partial charge in [0.05, 0.1) is 22.1 Å². The van der Waals surface area contributed by atoms with Gasteiger partial charge in [0, 0.05) is 49.5 Å². The lowest BCUT2D eigenvalue weighted by molar-refractivity contribution is 0.572. The van der Waals surface area contributed by atoms with E-state index in [1.54, 1.807) is 0 Å². The van der Waals surface area contributed by atoms with Crippen molar-refractivity contribution >= 4 is 66.9 Å². The largest absolute Gasteiger partial charge is 0.456 e. The Kier molecular flexibility index (Phi) is 5.98. The number of furan rings is 2. The van der Waals surface area contributed by atoms with Crippen LogP contribution < -0.4 is 10.6 Å². The van der Waals surface area contributed by atoms with Crippen molar-refractivity contribution in [3.8, 4) is 39.9 Å². The first-order valence-corrected chi connectivity index (χ1v) is 17.3. The molecular formula is C45H28N4O2. The van der Waals surface area contributed by atoms with Gasteiger partial charge >= 0.3 is 0 Å². The van der Waals surface area contributed by atoms with E-state index in [1.807, 2.05) is 72.8 Å². The number of rotatable bonds is 4. The van der Waals surface area contributed by atoms with Gasteiger partial charge in [0.15, 0.2) is 17.5 Å². The van der Waals surface area contributed by atoms with Crippen LogP contribution in [0.3, 0.4) is 0 Å². The lowest BCUT2D eigenvalue weighted by Gasteiger charge is -2.13. The number of para-hydroxylation sites is 2. The number of benzene rings is 6. The maximum Gasteiger partial charge on any atom is 0.164 e. The van der Waals surface area contributed by atoms with Gasteiger partial charge in [-0.1, -0.05) is 103 Å². The average molecular weight is 657 g/mol. The van der Waals surface area contributed by atoms with Crippen LogP contribution >= 0.6 is 0 Å². The van der Waals surface area contributed by atoms with Crippen LogP contribution in [0.4, 0.5) is 0 Å². The molecule has 0 spiro atoms. The first-order chi connectivity index (χ1) is 25.3. The normalized spacial score (nSPS) is 12.9. The van der Waals surface area contributed by atoms with Crippen LogP contribution in [0.5, 0.6) is 0 Å². The molecule has 0 N–H and O–H groups in total. The van der Waals surface area contributed by atoms with Gasteiger partial charge < -0.3 is 13.4 Å². The van der Waals surface area contributed by atoms with E-state index in [2.05, 4.69) is 77.4 Å². The van der Waals surface area contributed by atoms with E-state index >= 15 is 0 Å². The second kappa shape index (κ2) is 10.9. The highest BCUT2D eigenvalue weighted by Crippen LogP contribution is 2.40. The summed E-state index contributed by atoms with van der Waals surface area (Å²) in [6.07, 6.45) is 6.42. The number of fused-ring (bicyclic) bond motifs is 9. The molecule has 4 heterocycles. The van der Waals surface area contributed by atoms with Crippen LogP contribution in [0.25, 0.3) is 107 Å². The molecule has 1 aliphatic rings. The summed E-state index contributed by atoms with van der Waals surface area (Å²) in [6.45, 7) is 0. The van der Waals surface area contributed by atoms with E-state index in [1.165, 1.54) is 5.39 Å². The van der Waals surface area contributed by atoms with E-state index in [0.717, 1.165) is 95.2 Å². The minimum absolute atomic E-state index is 0.577. The zero-order chi connectivity index (χ0) is 33.5. The lowest BCUT2D eigenvalue weighted by Crippen LogP contribution is -2.22. The van der Waals surface area contributed by atoms with Crippen molar-refractivity contribution in [1.82, 2.24) is 19.5 Å². The third kappa shape index (κ3) is 4.33. The molecule has 0 atom stereocenters. The third-order valence-corrected chi connectivity index (χ3v) is 10.1. The third-order valence-electron chi connectivity index (χ3n) is 10.1. The average Bonchev–Trinajstić information content (AvgIpc) is 3.86. The van der Waals surface area contributed by atoms with E-state index in [-0.39, 0.29) is 0 Å². The summed E-state index contributed by atoms with van der Waals surface area (Å²) in [6, 6.07) is 45.8. The predicted molar refractivity (Wildman–Crippen MR) is 205 cm³/mol. The van der Waals surface area contributed by atoms with E-state index < -0.39 is 0 Å². The monoisotopic (exact) mass is 656 g/mol. The Bertz CT molecular complexity index is 3080. The van der Waals surface area contributed by atoms with Crippen molar-refractivity contribution in [3.63, 3.8) is 0 Å². The molecule has 240 valence electrons. The first-order valence-electron chi connectivity index (χ1n) is 17.3. The molecule has 11 rings (SSSR count). The van der Waals surface area contributed by atoms with Crippen molar-refractivity contribution in [2.75, 3.05) is 0 Å². The molecule has 0 unspecified atom stereocenters. The van der Waals surface area contributed by atoms with Gasteiger partial charge in [-0.05, 0) is 49.2 Å². The van der Waals surface area contributed by atoms with Gasteiger partial charge in [-0.25, -0.2) is 15.0 Å². The summed E-state index contributed by atoms with van der Waals surface area (Å²) in [5.74, 6) is 1.81. The quantitative estimate of drug-likeness (QED) is 0.189. The van der Waals surface area contributed by atoms with Crippen molar-refractivity contribution in [2.45, 2.75) is 12.8 Å². The molecule has 0 bridgehead atoms. The molecule has 0 aliphatic heterocycles. The van der Waals surface area contributed by atoms with E-state index in [4.69, 9.17) is 23.8 Å².